The molecule has 1 aromatic carbocycles. The largest absolute Gasteiger partial charge is 0.480 e. The van der Waals surface area contributed by atoms with Crippen LogP contribution >= 0.6 is 0 Å². The fraction of sp³-hybridized carbons (Fsp3) is 0.583. The third-order valence-corrected chi connectivity index (χ3v) is 5.79. The van der Waals surface area contributed by atoms with E-state index in [0.29, 0.717) is 25.8 Å². The van der Waals surface area contributed by atoms with Crippen LogP contribution in [-0.2, 0) is 25.6 Å². The summed E-state index contributed by atoms with van der Waals surface area (Å²) in [5.41, 5.74) is 12.3. The summed E-state index contributed by atoms with van der Waals surface area (Å²) >= 11 is 0. The van der Waals surface area contributed by atoms with Crippen LogP contribution in [0, 0.1) is 5.92 Å². The third kappa shape index (κ3) is 9.88. The van der Waals surface area contributed by atoms with Crippen molar-refractivity contribution >= 4 is 23.7 Å². The van der Waals surface area contributed by atoms with Gasteiger partial charge in [-0.2, -0.15) is 0 Å². The molecule has 10 heteroatoms. The first-order valence-electron chi connectivity index (χ1n) is 11.7. The molecule has 0 aliphatic carbocycles. The lowest BCUT2D eigenvalue weighted by atomic mass is 9.98. The van der Waals surface area contributed by atoms with Crippen molar-refractivity contribution < 1.29 is 24.3 Å². The van der Waals surface area contributed by atoms with Crippen LogP contribution in [-0.4, -0.2) is 59.5 Å². The average molecular weight is 478 g/mol. The van der Waals surface area contributed by atoms with E-state index in [-0.39, 0.29) is 18.8 Å². The smallest absolute Gasteiger partial charge is 0.326 e. The van der Waals surface area contributed by atoms with Crippen LogP contribution in [0.4, 0.5) is 0 Å². The highest BCUT2D eigenvalue weighted by molar-refractivity contribution is 5.94. The number of carbonyl (C=O) groups excluding carboxylic acids is 3. The Balaban J connectivity index is 2.87. The van der Waals surface area contributed by atoms with Gasteiger partial charge in [0.25, 0.3) is 0 Å². The normalized spacial score (nSPS) is 15.3. The molecule has 190 valence electrons. The van der Waals surface area contributed by atoms with Crippen molar-refractivity contribution in [3.63, 3.8) is 0 Å². The molecule has 0 spiro atoms. The Hall–Kier alpha value is -2.98. The Bertz CT molecular complexity index is 804. The first-order valence-corrected chi connectivity index (χ1v) is 11.7. The lowest BCUT2D eigenvalue weighted by Gasteiger charge is -2.25. The number of nitrogens with one attached hydrogen (secondary N) is 3. The Morgan fingerprint density at radius 2 is 1.53 bits per heavy atom. The van der Waals surface area contributed by atoms with E-state index in [4.69, 9.17) is 11.5 Å². The molecule has 8 N–H and O–H groups in total. The Labute approximate surface area is 201 Å². The van der Waals surface area contributed by atoms with Crippen molar-refractivity contribution in [2.75, 3.05) is 6.54 Å². The van der Waals surface area contributed by atoms with E-state index in [9.17, 15) is 24.3 Å². The molecule has 3 amide bonds. The van der Waals surface area contributed by atoms with Gasteiger partial charge in [-0.25, -0.2) is 4.79 Å². The summed E-state index contributed by atoms with van der Waals surface area (Å²) in [6.07, 6.45) is 2.34. The number of amides is 3. The number of carboxylic acid groups (broad SMARTS) is 1. The predicted molar refractivity (Wildman–Crippen MR) is 130 cm³/mol. The van der Waals surface area contributed by atoms with Crippen LogP contribution < -0.4 is 27.4 Å². The van der Waals surface area contributed by atoms with Crippen molar-refractivity contribution in [1.29, 1.82) is 0 Å². The maximum absolute atomic E-state index is 13.0. The molecule has 1 rings (SSSR count). The second-order valence-electron chi connectivity index (χ2n) is 8.58. The van der Waals surface area contributed by atoms with Gasteiger partial charge >= 0.3 is 5.97 Å². The standard InChI is InChI=1S/C24H39N5O5/c1-4-15(2)20(26)23(32)29-19(14-17-10-6-5-7-11-17)22(31)27-16(3)21(30)28-18(24(33)34)12-8-9-13-25/h5-7,10-11,15-16,18-20H,4,8-9,12-14,25-26H2,1-3H3,(H,27,31)(H,28,30)(H,29,32)(H,33,34). The van der Waals surface area contributed by atoms with Crippen LogP contribution in [0.5, 0.6) is 0 Å². The van der Waals surface area contributed by atoms with Crippen LogP contribution in [0.3, 0.4) is 0 Å². The topological polar surface area (TPSA) is 177 Å². The highest BCUT2D eigenvalue weighted by Gasteiger charge is 2.29. The summed E-state index contributed by atoms with van der Waals surface area (Å²) < 4.78 is 0. The first-order chi connectivity index (χ1) is 16.1. The van der Waals surface area contributed by atoms with Crippen molar-refractivity contribution in [3.05, 3.63) is 35.9 Å². The zero-order chi connectivity index (χ0) is 25.7. The van der Waals surface area contributed by atoms with Crippen LogP contribution in [0.15, 0.2) is 30.3 Å². The van der Waals surface area contributed by atoms with Gasteiger partial charge in [-0.05, 0) is 44.2 Å². The van der Waals surface area contributed by atoms with Crippen LogP contribution in [0.25, 0.3) is 0 Å². The van der Waals surface area contributed by atoms with Crippen molar-refractivity contribution in [1.82, 2.24) is 16.0 Å². The number of hydrogen-bond acceptors (Lipinski definition) is 6. The summed E-state index contributed by atoms with van der Waals surface area (Å²) in [6.45, 7) is 5.67. The number of benzene rings is 1. The number of unbranched alkanes of at least 4 members (excludes halogenated alkanes) is 1. The van der Waals surface area contributed by atoms with Gasteiger partial charge in [0.2, 0.25) is 17.7 Å². The summed E-state index contributed by atoms with van der Waals surface area (Å²) in [5, 5.41) is 17.1. The summed E-state index contributed by atoms with van der Waals surface area (Å²) in [7, 11) is 0. The molecule has 10 nitrogen and oxygen atoms in total. The molecule has 5 unspecified atom stereocenters. The van der Waals surface area contributed by atoms with Gasteiger partial charge in [0.05, 0.1) is 6.04 Å². The van der Waals surface area contributed by atoms with E-state index >= 15 is 0 Å². The van der Waals surface area contributed by atoms with Gasteiger partial charge in [0.15, 0.2) is 0 Å². The predicted octanol–water partition coefficient (Wildman–Crippen LogP) is 0.290. The number of nitrogens with two attached hydrogens (primary N) is 2. The SMILES string of the molecule is CCC(C)C(N)C(=O)NC(Cc1ccccc1)C(=O)NC(C)C(=O)NC(CCCCN)C(=O)O. The summed E-state index contributed by atoms with van der Waals surface area (Å²) in [4.78, 5) is 49.7. The fourth-order valence-corrected chi connectivity index (χ4v) is 3.27. The van der Waals surface area contributed by atoms with E-state index in [2.05, 4.69) is 16.0 Å². The second-order valence-corrected chi connectivity index (χ2v) is 8.58. The number of hydrogen-bond donors (Lipinski definition) is 6. The molecular formula is C24H39N5O5. The van der Waals surface area contributed by atoms with Gasteiger partial charge in [-0.15, -0.1) is 0 Å². The number of aliphatic carboxylic acids is 1. The van der Waals surface area contributed by atoms with Crippen LogP contribution in [0.1, 0.15) is 52.0 Å². The summed E-state index contributed by atoms with van der Waals surface area (Å²) in [5.74, 6) is -2.87. The highest BCUT2D eigenvalue weighted by atomic mass is 16.4. The van der Waals surface area contributed by atoms with Crippen molar-refractivity contribution in [3.8, 4) is 0 Å². The van der Waals surface area contributed by atoms with Gasteiger partial charge in [-0.1, -0.05) is 50.6 Å². The minimum absolute atomic E-state index is 0.0719. The first kappa shape index (κ1) is 29.1. The van der Waals surface area contributed by atoms with Gasteiger partial charge in [0, 0.05) is 6.42 Å². The van der Waals surface area contributed by atoms with E-state index in [1.165, 1.54) is 6.92 Å². The maximum atomic E-state index is 13.0. The van der Waals surface area contributed by atoms with Gasteiger partial charge in [-0.3, -0.25) is 14.4 Å². The van der Waals surface area contributed by atoms with Crippen LogP contribution in [0.2, 0.25) is 0 Å². The molecule has 34 heavy (non-hydrogen) atoms. The van der Waals surface area contributed by atoms with E-state index < -0.39 is 47.9 Å². The molecule has 0 saturated heterocycles. The number of carbonyl (C=O) groups is 4. The third-order valence-electron chi connectivity index (χ3n) is 5.79. The molecule has 0 heterocycles. The molecule has 5 atom stereocenters. The Morgan fingerprint density at radius 1 is 0.912 bits per heavy atom. The molecule has 0 aliphatic heterocycles. The zero-order valence-electron chi connectivity index (χ0n) is 20.3. The van der Waals surface area contributed by atoms with E-state index in [1.54, 1.807) is 0 Å². The molecule has 0 aliphatic rings. The number of rotatable bonds is 15. The van der Waals surface area contributed by atoms with Gasteiger partial charge < -0.3 is 32.5 Å². The number of carboxylic acids is 1. The zero-order valence-corrected chi connectivity index (χ0v) is 20.3. The minimum Gasteiger partial charge on any atom is -0.480 e. The van der Waals surface area contributed by atoms with Gasteiger partial charge in [0.1, 0.15) is 18.1 Å². The maximum Gasteiger partial charge on any atom is 0.326 e. The minimum atomic E-state index is -1.16. The Kier molecular flexibility index (Phi) is 12.8. The fourth-order valence-electron chi connectivity index (χ4n) is 3.27. The van der Waals surface area contributed by atoms with E-state index in [0.717, 1.165) is 5.56 Å². The Morgan fingerprint density at radius 3 is 2.09 bits per heavy atom. The molecule has 0 saturated carbocycles. The lowest BCUT2D eigenvalue weighted by molar-refractivity contribution is -0.142. The second kappa shape index (κ2) is 15.0. The monoisotopic (exact) mass is 477 g/mol. The summed E-state index contributed by atoms with van der Waals surface area (Å²) in [6, 6.07) is 5.32. The average Bonchev–Trinajstić information content (AvgIpc) is 2.82. The molecular weight excluding hydrogens is 438 g/mol. The molecule has 0 bridgehead atoms. The highest BCUT2D eigenvalue weighted by Crippen LogP contribution is 2.08. The molecule has 0 aromatic heterocycles. The quantitative estimate of drug-likeness (QED) is 0.197. The van der Waals surface area contributed by atoms with Crippen molar-refractivity contribution in [2.45, 2.75) is 77.0 Å². The molecule has 1 aromatic rings. The van der Waals surface area contributed by atoms with Crippen molar-refractivity contribution in [2.24, 2.45) is 17.4 Å². The molecule has 0 radical (unpaired) electrons. The molecule has 0 fully saturated rings. The lowest BCUT2D eigenvalue weighted by Crippen LogP contribution is -2.57. The van der Waals surface area contributed by atoms with E-state index in [1.807, 2.05) is 44.2 Å².